The third-order valence-electron chi connectivity index (χ3n) is 3.64. The molecule has 2 aromatic carbocycles. The minimum absolute atomic E-state index is 0.00160. The molecule has 0 bridgehead atoms. The van der Waals surface area contributed by atoms with Gasteiger partial charge in [-0.05, 0) is 54.5 Å². The lowest BCUT2D eigenvalue weighted by Crippen LogP contribution is -2.19. The minimum atomic E-state index is -0.397. The summed E-state index contributed by atoms with van der Waals surface area (Å²) in [6.45, 7) is 0. The van der Waals surface area contributed by atoms with Crippen molar-refractivity contribution in [2.45, 2.75) is 12.8 Å². The monoisotopic (exact) mass is 388 g/mol. The van der Waals surface area contributed by atoms with Gasteiger partial charge in [-0.3, -0.25) is 9.59 Å². The van der Waals surface area contributed by atoms with Crippen molar-refractivity contribution in [3.8, 4) is 0 Å². The van der Waals surface area contributed by atoms with Crippen LogP contribution in [0.5, 0.6) is 0 Å². The summed E-state index contributed by atoms with van der Waals surface area (Å²) in [6.07, 6.45) is 3.79. The summed E-state index contributed by atoms with van der Waals surface area (Å²) < 4.78 is 14.4. The lowest BCUT2D eigenvalue weighted by atomic mass is 10.0. The van der Waals surface area contributed by atoms with E-state index in [1.807, 2.05) is 6.07 Å². The van der Waals surface area contributed by atoms with Crippen LogP contribution in [0.2, 0.25) is 0 Å². The van der Waals surface area contributed by atoms with E-state index in [2.05, 4.69) is 26.6 Å². The highest BCUT2D eigenvalue weighted by atomic mass is 79.9. The fourth-order valence-corrected chi connectivity index (χ4v) is 2.83. The molecule has 0 radical (unpaired) electrons. The van der Waals surface area contributed by atoms with E-state index in [0.717, 1.165) is 15.7 Å². The van der Waals surface area contributed by atoms with Gasteiger partial charge in [0.1, 0.15) is 5.82 Å². The van der Waals surface area contributed by atoms with Crippen molar-refractivity contribution in [1.82, 2.24) is 0 Å². The second-order valence-electron chi connectivity index (χ2n) is 5.41. The Morgan fingerprint density at radius 1 is 1.21 bits per heavy atom. The van der Waals surface area contributed by atoms with Gasteiger partial charge >= 0.3 is 0 Å². The van der Waals surface area contributed by atoms with Gasteiger partial charge < -0.3 is 10.6 Å². The van der Waals surface area contributed by atoms with Crippen LogP contribution in [0.4, 0.5) is 15.8 Å². The second kappa shape index (κ2) is 6.97. The summed E-state index contributed by atoms with van der Waals surface area (Å²) in [6, 6.07) is 9.84. The first-order valence-corrected chi connectivity index (χ1v) is 8.17. The van der Waals surface area contributed by atoms with Crippen LogP contribution in [0, 0.1) is 5.82 Å². The molecule has 3 rings (SSSR count). The number of hydrogen-bond donors (Lipinski definition) is 2. The van der Waals surface area contributed by atoms with Crippen molar-refractivity contribution in [2.75, 3.05) is 10.6 Å². The summed E-state index contributed by atoms with van der Waals surface area (Å²) in [5.74, 6) is -0.751. The highest BCUT2D eigenvalue weighted by Crippen LogP contribution is 2.25. The van der Waals surface area contributed by atoms with E-state index in [9.17, 15) is 14.0 Å². The Morgan fingerprint density at radius 2 is 2.04 bits per heavy atom. The quantitative estimate of drug-likeness (QED) is 0.776. The molecule has 0 atom stereocenters. The minimum Gasteiger partial charge on any atom is -0.326 e. The molecular weight excluding hydrogens is 375 g/mol. The fourth-order valence-electron chi connectivity index (χ4n) is 2.45. The lowest BCUT2D eigenvalue weighted by molar-refractivity contribution is -0.116. The van der Waals surface area contributed by atoms with Gasteiger partial charge in [-0.25, -0.2) is 4.39 Å². The van der Waals surface area contributed by atoms with Crippen LogP contribution in [-0.4, -0.2) is 11.8 Å². The SMILES string of the molecule is O=C(/C=C/c1cc(Br)ccc1F)Nc1ccc2c(c1)CCC(=O)N2. The van der Waals surface area contributed by atoms with E-state index < -0.39 is 5.82 Å². The number of aryl methyl sites for hydroxylation is 1. The highest BCUT2D eigenvalue weighted by molar-refractivity contribution is 9.10. The standard InChI is InChI=1S/C18H14BrFN2O2/c19-13-3-5-15(20)11(9-13)1-7-17(23)21-14-4-6-16-12(10-14)2-8-18(24)22-16/h1,3-7,9-10H,2,8H2,(H,21,23)(H,22,24)/b7-1+. The Labute approximate surface area is 146 Å². The zero-order valence-corrected chi connectivity index (χ0v) is 14.2. The molecule has 2 aromatic rings. The first-order chi connectivity index (χ1) is 11.5. The van der Waals surface area contributed by atoms with Crippen LogP contribution in [-0.2, 0) is 16.0 Å². The number of fused-ring (bicyclic) bond motifs is 1. The van der Waals surface area contributed by atoms with Crippen molar-refractivity contribution >= 4 is 45.2 Å². The van der Waals surface area contributed by atoms with Crippen LogP contribution in [0.3, 0.4) is 0 Å². The molecule has 6 heteroatoms. The van der Waals surface area contributed by atoms with Gasteiger partial charge in [0.2, 0.25) is 11.8 Å². The summed E-state index contributed by atoms with van der Waals surface area (Å²) in [4.78, 5) is 23.3. The predicted octanol–water partition coefficient (Wildman–Crippen LogP) is 4.12. The summed E-state index contributed by atoms with van der Waals surface area (Å²) in [7, 11) is 0. The Balaban J connectivity index is 1.70. The van der Waals surface area contributed by atoms with Gasteiger partial charge in [-0.15, -0.1) is 0 Å². The zero-order valence-electron chi connectivity index (χ0n) is 12.6. The van der Waals surface area contributed by atoms with Gasteiger partial charge in [0, 0.05) is 33.9 Å². The maximum absolute atomic E-state index is 13.6. The molecule has 0 saturated carbocycles. The topological polar surface area (TPSA) is 58.2 Å². The molecular formula is C18H14BrFN2O2. The van der Waals surface area contributed by atoms with E-state index in [4.69, 9.17) is 0 Å². The van der Waals surface area contributed by atoms with Crippen LogP contribution in [0.15, 0.2) is 46.9 Å². The number of anilines is 2. The first-order valence-electron chi connectivity index (χ1n) is 7.38. The van der Waals surface area contributed by atoms with E-state index in [0.29, 0.717) is 24.1 Å². The number of benzene rings is 2. The average molecular weight is 389 g/mol. The molecule has 0 spiro atoms. The van der Waals surface area contributed by atoms with Crippen molar-refractivity contribution in [1.29, 1.82) is 0 Å². The van der Waals surface area contributed by atoms with Crippen LogP contribution >= 0.6 is 15.9 Å². The average Bonchev–Trinajstić information content (AvgIpc) is 2.56. The van der Waals surface area contributed by atoms with Crippen LogP contribution in [0.1, 0.15) is 17.5 Å². The molecule has 0 unspecified atom stereocenters. The number of amides is 2. The van der Waals surface area contributed by atoms with Crippen molar-refractivity contribution < 1.29 is 14.0 Å². The third kappa shape index (κ3) is 3.89. The molecule has 4 nitrogen and oxygen atoms in total. The molecule has 0 aliphatic carbocycles. The normalized spacial score (nSPS) is 13.5. The highest BCUT2D eigenvalue weighted by Gasteiger charge is 2.14. The van der Waals surface area contributed by atoms with Crippen molar-refractivity contribution in [3.63, 3.8) is 0 Å². The fraction of sp³-hybridized carbons (Fsp3) is 0.111. The van der Waals surface area contributed by atoms with Gasteiger partial charge in [0.05, 0.1) is 0 Å². The smallest absolute Gasteiger partial charge is 0.248 e. The van der Waals surface area contributed by atoms with E-state index in [1.54, 1.807) is 24.3 Å². The molecule has 2 N–H and O–H groups in total. The third-order valence-corrected chi connectivity index (χ3v) is 4.13. The lowest BCUT2D eigenvalue weighted by Gasteiger charge is -2.17. The molecule has 2 amide bonds. The maximum Gasteiger partial charge on any atom is 0.248 e. The molecule has 0 saturated heterocycles. The number of halogens is 2. The molecule has 1 heterocycles. The Bertz CT molecular complexity index is 849. The van der Waals surface area contributed by atoms with Crippen LogP contribution < -0.4 is 10.6 Å². The van der Waals surface area contributed by atoms with Gasteiger partial charge in [-0.2, -0.15) is 0 Å². The van der Waals surface area contributed by atoms with Crippen molar-refractivity contribution in [3.05, 3.63) is 63.9 Å². The van der Waals surface area contributed by atoms with Gasteiger partial charge in [-0.1, -0.05) is 15.9 Å². The summed E-state index contributed by atoms with van der Waals surface area (Å²) in [5, 5.41) is 5.52. The van der Waals surface area contributed by atoms with Crippen molar-refractivity contribution in [2.24, 2.45) is 0 Å². The molecule has 0 fully saturated rings. The number of rotatable bonds is 3. The van der Waals surface area contributed by atoms with E-state index in [-0.39, 0.29) is 11.8 Å². The predicted molar refractivity (Wildman–Crippen MR) is 95.2 cm³/mol. The molecule has 1 aliphatic heterocycles. The summed E-state index contributed by atoms with van der Waals surface area (Å²) in [5.41, 5.74) is 2.72. The Morgan fingerprint density at radius 3 is 2.88 bits per heavy atom. The molecule has 0 aromatic heterocycles. The number of carbonyl (C=O) groups excluding carboxylic acids is 2. The Kier molecular flexibility index (Phi) is 4.76. The first kappa shape index (κ1) is 16.4. The number of hydrogen-bond acceptors (Lipinski definition) is 2. The Hall–Kier alpha value is -2.47. The maximum atomic E-state index is 13.6. The van der Waals surface area contributed by atoms with E-state index >= 15 is 0 Å². The number of carbonyl (C=O) groups is 2. The second-order valence-corrected chi connectivity index (χ2v) is 6.32. The molecule has 24 heavy (non-hydrogen) atoms. The van der Waals surface area contributed by atoms with Crippen LogP contribution in [0.25, 0.3) is 6.08 Å². The molecule has 122 valence electrons. The van der Waals surface area contributed by atoms with Gasteiger partial charge in [0.15, 0.2) is 0 Å². The number of nitrogens with one attached hydrogen (secondary N) is 2. The molecule has 1 aliphatic rings. The largest absolute Gasteiger partial charge is 0.326 e. The van der Waals surface area contributed by atoms with E-state index in [1.165, 1.54) is 18.2 Å². The van der Waals surface area contributed by atoms with Gasteiger partial charge in [0.25, 0.3) is 0 Å². The zero-order chi connectivity index (χ0) is 17.1. The summed E-state index contributed by atoms with van der Waals surface area (Å²) >= 11 is 3.27.